The molecule has 0 unspecified atom stereocenters. The van der Waals surface area contributed by atoms with Gasteiger partial charge >= 0.3 is 18.2 Å². The molecule has 2 atom stereocenters. The minimum atomic E-state index is -4.90. The van der Waals surface area contributed by atoms with Crippen LogP contribution in [0.1, 0.15) is 27.2 Å². The summed E-state index contributed by atoms with van der Waals surface area (Å²) < 4.78 is 48.4. The van der Waals surface area contributed by atoms with Crippen LogP contribution in [0.2, 0.25) is 0 Å². The van der Waals surface area contributed by atoms with Crippen LogP contribution in [-0.4, -0.2) is 72.0 Å². The van der Waals surface area contributed by atoms with E-state index in [9.17, 15) is 22.8 Å². The van der Waals surface area contributed by atoms with Crippen LogP contribution >= 0.6 is 0 Å². The lowest BCUT2D eigenvalue weighted by Crippen LogP contribution is -2.62. The van der Waals surface area contributed by atoms with Gasteiger partial charge in [0.2, 0.25) is 0 Å². The lowest BCUT2D eigenvalue weighted by Gasteiger charge is -2.46. The van der Waals surface area contributed by atoms with Crippen LogP contribution < -0.4 is 0 Å². The highest BCUT2D eigenvalue weighted by Gasteiger charge is 2.47. The van der Waals surface area contributed by atoms with E-state index < -0.39 is 29.9 Å². The quantitative estimate of drug-likeness (QED) is 0.676. The van der Waals surface area contributed by atoms with Crippen molar-refractivity contribution in [3.05, 3.63) is 0 Å². The second-order valence-electron chi connectivity index (χ2n) is 6.69. The zero-order valence-electron chi connectivity index (χ0n) is 13.4. The molecule has 0 saturated carbocycles. The Labute approximate surface area is 132 Å². The van der Waals surface area contributed by atoms with Gasteiger partial charge in [0.1, 0.15) is 5.60 Å². The van der Waals surface area contributed by atoms with E-state index in [-0.39, 0.29) is 32.2 Å². The van der Waals surface area contributed by atoms with Crippen molar-refractivity contribution in [1.29, 1.82) is 0 Å². The standard InChI is InChI=1S/C14H21F3N2O4/c1-13(2,3)23-12(21)19-6-7-22-10-8-18(5-4-9(10)19)11(20)14(15,16)17/h9-10H,4-8H2,1-3H3/t9-,10-/m0/s1. The van der Waals surface area contributed by atoms with Gasteiger partial charge in [-0.2, -0.15) is 13.2 Å². The van der Waals surface area contributed by atoms with Crippen LogP contribution in [0, 0.1) is 0 Å². The number of hydrogen-bond donors (Lipinski definition) is 0. The number of fused-ring (bicyclic) bond motifs is 1. The van der Waals surface area contributed by atoms with Crippen molar-refractivity contribution in [3.63, 3.8) is 0 Å². The zero-order chi connectivity index (χ0) is 17.4. The Morgan fingerprint density at radius 3 is 2.39 bits per heavy atom. The third-order valence-corrected chi connectivity index (χ3v) is 3.75. The summed E-state index contributed by atoms with van der Waals surface area (Å²) in [4.78, 5) is 25.8. The summed E-state index contributed by atoms with van der Waals surface area (Å²) in [6, 6.07) is -0.379. The molecule has 2 aliphatic heterocycles. The fourth-order valence-corrected chi connectivity index (χ4v) is 2.80. The largest absolute Gasteiger partial charge is 0.471 e. The van der Waals surface area contributed by atoms with Crippen LogP contribution in [0.3, 0.4) is 0 Å². The van der Waals surface area contributed by atoms with Crippen molar-refractivity contribution in [2.75, 3.05) is 26.2 Å². The molecule has 0 bridgehead atoms. The van der Waals surface area contributed by atoms with Crippen LogP contribution in [0.4, 0.5) is 18.0 Å². The number of amides is 2. The van der Waals surface area contributed by atoms with Crippen molar-refractivity contribution in [1.82, 2.24) is 9.80 Å². The van der Waals surface area contributed by atoms with E-state index >= 15 is 0 Å². The van der Waals surface area contributed by atoms with Crippen LogP contribution in [0.5, 0.6) is 0 Å². The Morgan fingerprint density at radius 1 is 1.17 bits per heavy atom. The summed E-state index contributed by atoms with van der Waals surface area (Å²) in [5, 5.41) is 0. The number of piperidine rings is 1. The molecule has 0 aromatic rings. The topological polar surface area (TPSA) is 59.1 Å². The predicted octanol–water partition coefficient (Wildman–Crippen LogP) is 1.79. The fourth-order valence-electron chi connectivity index (χ4n) is 2.80. The number of ether oxygens (including phenoxy) is 2. The summed E-state index contributed by atoms with van der Waals surface area (Å²) >= 11 is 0. The number of likely N-dealkylation sites (tertiary alicyclic amines) is 1. The number of halogens is 3. The molecule has 6 nitrogen and oxygen atoms in total. The van der Waals surface area contributed by atoms with E-state index in [0.717, 1.165) is 4.90 Å². The Morgan fingerprint density at radius 2 is 1.83 bits per heavy atom. The first-order valence-electron chi connectivity index (χ1n) is 7.46. The van der Waals surface area contributed by atoms with E-state index in [1.807, 2.05) is 0 Å². The van der Waals surface area contributed by atoms with E-state index in [1.165, 1.54) is 4.90 Å². The monoisotopic (exact) mass is 338 g/mol. The first kappa shape index (κ1) is 17.8. The van der Waals surface area contributed by atoms with Gasteiger partial charge in [-0.25, -0.2) is 4.79 Å². The Balaban J connectivity index is 2.03. The maximum atomic E-state index is 12.5. The molecule has 23 heavy (non-hydrogen) atoms. The lowest BCUT2D eigenvalue weighted by atomic mass is 9.98. The summed E-state index contributed by atoms with van der Waals surface area (Å²) in [6.07, 6.45) is -5.80. The maximum Gasteiger partial charge on any atom is 0.471 e. The molecule has 2 saturated heterocycles. The number of carbonyl (C=O) groups excluding carboxylic acids is 2. The van der Waals surface area contributed by atoms with E-state index in [1.54, 1.807) is 20.8 Å². The van der Waals surface area contributed by atoms with Crippen molar-refractivity contribution in [2.24, 2.45) is 0 Å². The fraction of sp³-hybridized carbons (Fsp3) is 0.857. The van der Waals surface area contributed by atoms with E-state index in [2.05, 4.69) is 0 Å². The van der Waals surface area contributed by atoms with Gasteiger partial charge in [-0.05, 0) is 27.2 Å². The Kier molecular flexibility index (Phi) is 4.79. The predicted molar refractivity (Wildman–Crippen MR) is 73.7 cm³/mol. The van der Waals surface area contributed by atoms with Crippen LogP contribution in [-0.2, 0) is 14.3 Å². The molecule has 0 aliphatic carbocycles. The first-order chi connectivity index (χ1) is 10.5. The molecular weight excluding hydrogens is 317 g/mol. The van der Waals surface area contributed by atoms with Crippen molar-refractivity contribution < 1.29 is 32.2 Å². The minimum absolute atomic E-state index is 0.0673. The zero-order valence-corrected chi connectivity index (χ0v) is 13.4. The first-order valence-corrected chi connectivity index (χ1v) is 7.46. The molecule has 0 aromatic carbocycles. The number of hydrogen-bond acceptors (Lipinski definition) is 4. The van der Waals surface area contributed by atoms with Gasteiger partial charge in [-0.3, -0.25) is 4.79 Å². The third-order valence-electron chi connectivity index (χ3n) is 3.75. The molecule has 0 spiro atoms. The maximum absolute atomic E-state index is 12.5. The summed E-state index contributed by atoms with van der Waals surface area (Å²) in [5.41, 5.74) is -0.655. The highest BCUT2D eigenvalue weighted by atomic mass is 19.4. The van der Waals surface area contributed by atoms with Crippen molar-refractivity contribution >= 4 is 12.0 Å². The lowest BCUT2D eigenvalue weighted by molar-refractivity contribution is -0.192. The van der Waals surface area contributed by atoms with Gasteiger partial charge < -0.3 is 19.3 Å². The highest BCUT2D eigenvalue weighted by Crippen LogP contribution is 2.28. The normalized spacial score (nSPS) is 25.8. The third kappa shape index (κ3) is 4.27. The molecule has 0 aromatic heterocycles. The van der Waals surface area contributed by atoms with Crippen LogP contribution in [0.25, 0.3) is 0 Å². The van der Waals surface area contributed by atoms with Gasteiger partial charge in [-0.15, -0.1) is 0 Å². The number of rotatable bonds is 0. The molecule has 0 N–H and O–H groups in total. The molecule has 0 radical (unpaired) electrons. The van der Waals surface area contributed by atoms with Gasteiger partial charge in [0.15, 0.2) is 0 Å². The molecule has 2 aliphatic rings. The number of morpholine rings is 1. The molecule has 2 fully saturated rings. The summed E-state index contributed by atoms with van der Waals surface area (Å²) in [6.45, 7) is 5.51. The number of alkyl halides is 3. The number of carbonyl (C=O) groups is 2. The van der Waals surface area contributed by atoms with Gasteiger partial charge in [0, 0.05) is 19.6 Å². The second kappa shape index (κ2) is 6.18. The van der Waals surface area contributed by atoms with E-state index in [4.69, 9.17) is 9.47 Å². The SMILES string of the molecule is CC(C)(C)OC(=O)N1CCO[C@H]2CN(C(=O)C(F)(F)F)CC[C@@H]21. The minimum Gasteiger partial charge on any atom is -0.444 e. The Bertz CT molecular complexity index is 476. The average molecular weight is 338 g/mol. The molecule has 9 heteroatoms. The Hall–Kier alpha value is -1.51. The van der Waals surface area contributed by atoms with E-state index in [0.29, 0.717) is 6.54 Å². The molecular formula is C14H21F3N2O4. The number of nitrogens with zero attached hydrogens (tertiary/aromatic N) is 2. The van der Waals surface area contributed by atoms with Gasteiger partial charge in [-0.1, -0.05) is 0 Å². The molecule has 2 heterocycles. The molecule has 2 rings (SSSR count). The molecule has 2 amide bonds. The van der Waals surface area contributed by atoms with Gasteiger partial charge in [0.05, 0.1) is 18.8 Å². The van der Waals surface area contributed by atoms with Crippen LogP contribution in [0.15, 0.2) is 0 Å². The summed E-state index contributed by atoms with van der Waals surface area (Å²) in [7, 11) is 0. The smallest absolute Gasteiger partial charge is 0.444 e. The highest BCUT2D eigenvalue weighted by molar-refractivity contribution is 5.82. The van der Waals surface area contributed by atoms with Crippen molar-refractivity contribution in [2.45, 2.75) is 51.1 Å². The second-order valence-corrected chi connectivity index (χ2v) is 6.69. The molecule has 132 valence electrons. The van der Waals surface area contributed by atoms with Gasteiger partial charge in [0.25, 0.3) is 0 Å². The average Bonchev–Trinajstić information content (AvgIpc) is 2.42. The summed E-state index contributed by atoms with van der Waals surface area (Å²) in [5.74, 6) is -1.87. The van der Waals surface area contributed by atoms with Crippen molar-refractivity contribution in [3.8, 4) is 0 Å².